The predicted molar refractivity (Wildman–Crippen MR) is 103 cm³/mol. The summed E-state index contributed by atoms with van der Waals surface area (Å²) in [7, 11) is 1.24. The van der Waals surface area contributed by atoms with Crippen molar-refractivity contribution in [3.63, 3.8) is 0 Å². The SMILES string of the molecule is COC(=O)[C@H](CC#Cc1c(N)ncc2ccccc12)NC(=O)OC(C)(C)C. The van der Waals surface area contributed by atoms with Crippen LogP contribution in [0.2, 0.25) is 0 Å². The number of hydrogen-bond acceptors (Lipinski definition) is 6. The number of alkyl carbamates (subject to hydrolysis) is 1. The summed E-state index contributed by atoms with van der Waals surface area (Å²) in [5.41, 5.74) is 5.84. The smallest absolute Gasteiger partial charge is 0.408 e. The van der Waals surface area contributed by atoms with Gasteiger partial charge in [-0.3, -0.25) is 0 Å². The van der Waals surface area contributed by atoms with Crippen molar-refractivity contribution in [2.75, 3.05) is 12.8 Å². The van der Waals surface area contributed by atoms with E-state index in [9.17, 15) is 9.59 Å². The average Bonchev–Trinajstić information content (AvgIpc) is 2.60. The Morgan fingerprint density at radius 1 is 1.30 bits per heavy atom. The van der Waals surface area contributed by atoms with Crippen LogP contribution in [-0.4, -0.2) is 35.8 Å². The van der Waals surface area contributed by atoms with Gasteiger partial charge in [-0.05, 0) is 20.8 Å². The first-order chi connectivity index (χ1) is 12.7. The van der Waals surface area contributed by atoms with E-state index in [2.05, 4.69) is 22.1 Å². The molecule has 0 bridgehead atoms. The van der Waals surface area contributed by atoms with Crippen molar-refractivity contribution in [2.24, 2.45) is 0 Å². The van der Waals surface area contributed by atoms with Crippen LogP contribution in [0.1, 0.15) is 32.8 Å². The molecule has 0 aliphatic heterocycles. The minimum Gasteiger partial charge on any atom is -0.467 e. The number of aromatic nitrogens is 1. The number of benzene rings is 1. The average molecular weight is 369 g/mol. The highest BCUT2D eigenvalue weighted by atomic mass is 16.6. The number of fused-ring (bicyclic) bond motifs is 1. The summed E-state index contributed by atoms with van der Waals surface area (Å²) in [5.74, 6) is 5.52. The molecule has 0 saturated carbocycles. The largest absolute Gasteiger partial charge is 0.467 e. The minimum absolute atomic E-state index is 0.0363. The summed E-state index contributed by atoms with van der Waals surface area (Å²) < 4.78 is 9.89. The molecule has 3 N–H and O–H groups in total. The number of anilines is 1. The van der Waals surface area contributed by atoms with Gasteiger partial charge in [0.1, 0.15) is 17.5 Å². The number of rotatable bonds is 3. The first-order valence-corrected chi connectivity index (χ1v) is 8.40. The molecule has 27 heavy (non-hydrogen) atoms. The number of hydrogen-bond donors (Lipinski definition) is 2. The van der Waals surface area contributed by atoms with Crippen LogP contribution in [0.5, 0.6) is 0 Å². The molecule has 1 aromatic carbocycles. The van der Waals surface area contributed by atoms with Gasteiger partial charge in [0, 0.05) is 23.4 Å². The standard InChI is InChI=1S/C20H23N3O4/c1-20(2,3)27-19(25)23-16(18(24)26-4)11-7-10-15-14-9-6-5-8-13(14)12-22-17(15)21/h5-6,8-9,12,16H,11H2,1-4H3,(H2,21,22)(H,23,25)/t16-/m0/s1. The summed E-state index contributed by atoms with van der Waals surface area (Å²) >= 11 is 0. The maximum absolute atomic E-state index is 11.9. The van der Waals surface area contributed by atoms with Gasteiger partial charge in [0.15, 0.2) is 0 Å². The fourth-order valence-corrected chi connectivity index (χ4v) is 2.34. The van der Waals surface area contributed by atoms with Crippen LogP contribution in [0.15, 0.2) is 30.5 Å². The van der Waals surface area contributed by atoms with E-state index in [1.54, 1.807) is 27.0 Å². The van der Waals surface area contributed by atoms with Gasteiger partial charge in [-0.2, -0.15) is 0 Å². The van der Waals surface area contributed by atoms with E-state index in [0.717, 1.165) is 10.8 Å². The lowest BCUT2D eigenvalue weighted by Crippen LogP contribution is -2.43. The molecule has 2 aromatic rings. The van der Waals surface area contributed by atoms with Crippen LogP contribution in [-0.2, 0) is 14.3 Å². The van der Waals surface area contributed by atoms with Crippen molar-refractivity contribution < 1.29 is 19.1 Å². The number of nitrogens with two attached hydrogens (primary N) is 1. The van der Waals surface area contributed by atoms with E-state index in [4.69, 9.17) is 15.2 Å². The normalized spacial score (nSPS) is 11.9. The number of nitrogens with zero attached hydrogens (tertiary/aromatic N) is 1. The fraction of sp³-hybridized carbons (Fsp3) is 0.350. The molecule has 0 fully saturated rings. The second-order valence-electron chi connectivity index (χ2n) is 6.83. The maximum Gasteiger partial charge on any atom is 0.408 e. The van der Waals surface area contributed by atoms with Crippen LogP contribution in [0, 0.1) is 11.8 Å². The first kappa shape index (κ1) is 20.0. The molecule has 0 aliphatic rings. The number of nitrogen functional groups attached to an aromatic ring is 1. The highest BCUT2D eigenvalue weighted by Gasteiger charge is 2.24. The number of ether oxygens (including phenoxy) is 2. The van der Waals surface area contributed by atoms with Crippen molar-refractivity contribution >= 4 is 28.7 Å². The Morgan fingerprint density at radius 3 is 2.67 bits per heavy atom. The van der Waals surface area contributed by atoms with Gasteiger partial charge in [-0.15, -0.1) is 0 Å². The molecule has 142 valence electrons. The molecule has 0 spiro atoms. The molecule has 1 atom stereocenters. The molecule has 0 radical (unpaired) electrons. The zero-order valence-corrected chi connectivity index (χ0v) is 15.8. The Balaban J connectivity index is 2.21. The third-order valence-electron chi connectivity index (χ3n) is 3.53. The molecular weight excluding hydrogens is 346 g/mol. The summed E-state index contributed by atoms with van der Waals surface area (Å²) in [6, 6.07) is 6.63. The number of carbonyl (C=O) groups is 2. The second-order valence-corrected chi connectivity index (χ2v) is 6.83. The van der Waals surface area contributed by atoms with E-state index in [0.29, 0.717) is 11.4 Å². The van der Waals surface area contributed by atoms with E-state index in [1.165, 1.54) is 7.11 Å². The highest BCUT2D eigenvalue weighted by molar-refractivity contribution is 5.90. The minimum atomic E-state index is -0.957. The van der Waals surface area contributed by atoms with Crippen molar-refractivity contribution in [3.05, 3.63) is 36.0 Å². The zero-order valence-electron chi connectivity index (χ0n) is 15.8. The molecule has 0 aliphatic carbocycles. The van der Waals surface area contributed by atoms with E-state index in [-0.39, 0.29) is 6.42 Å². The first-order valence-electron chi connectivity index (χ1n) is 8.40. The number of esters is 1. The summed E-state index contributed by atoms with van der Waals surface area (Å²) in [6.45, 7) is 5.20. The van der Waals surface area contributed by atoms with Gasteiger partial charge in [-0.1, -0.05) is 36.1 Å². The number of methoxy groups -OCH3 is 1. The van der Waals surface area contributed by atoms with Crippen LogP contribution in [0.25, 0.3) is 10.8 Å². The lowest BCUT2D eigenvalue weighted by molar-refractivity contribution is -0.143. The molecule has 1 aromatic heterocycles. The van der Waals surface area contributed by atoms with E-state index < -0.39 is 23.7 Å². The molecule has 0 saturated heterocycles. The molecule has 7 heteroatoms. The van der Waals surface area contributed by atoms with Crippen LogP contribution < -0.4 is 11.1 Å². The third kappa shape index (κ3) is 5.61. The zero-order chi connectivity index (χ0) is 20.0. The lowest BCUT2D eigenvalue weighted by Gasteiger charge is -2.21. The van der Waals surface area contributed by atoms with Crippen molar-refractivity contribution in [3.8, 4) is 11.8 Å². The second kappa shape index (κ2) is 8.41. The van der Waals surface area contributed by atoms with Gasteiger partial charge in [0.2, 0.25) is 0 Å². The molecule has 1 heterocycles. The Bertz CT molecular complexity index is 907. The summed E-state index contributed by atoms with van der Waals surface area (Å²) in [6.07, 6.45) is 0.997. The molecule has 2 rings (SSSR count). The van der Waals surface area contributed by atoms with Gasteiger partial charge >= 0.3 is 12.1 Å². The van der Waals surface area contributed by atoms with Crippen molar-refractivity contribution in [1.82, 2.24) is 10.3 Å². The van der Waals surface area contributed by atoms with Crippen molar-refractivity contribution in [2.45, 2.75) is 38.8 Å². The Morgan fingerprint density at radius 2 is 2.00 bits per heavy atom. The van der Waals surface area contributed by atoms with E-state index in [1.807, 2.05) is 24.3 Å². The van der Waals surface area contributed by atoms with Crippen molar-refractivity contribution in [1.29, 1.82) is 0 Å². The Hall–Kier alpha value is -3.27. The molecule has 7 nitrogen and oxygen atoms in total. The van der Waals surface area contributed by atoms with Gasteiger partial charge in [0.05, 0.1) is 12.7 Å². The van der Waals surface area contributed by atoms with Crippen LogP contribution in [0.3, 0.4) is 0 Å². The van der Waals surface area contributed by atoms with Crippen LogP contribution in [0.4, 0.5) is 10.6 Å². The number of carbonyl (C=O) groups excluding carboxylic acids is 2. The molecular formula is C20H23N3O4. The van der Waals surface area contributed by atoms with Gasteiger partial charge in [0.25, 0.3) is 0 Å². The quantitative estimate of drug-likeness (QED) is 0.637. The number of nitrogens with one attached hydrogen (secondary N) is 1. The predicted octanol–water partition coefficient (Wildman–Crippen LogP) is 2.62. The molecule has 1 amide bonds. The fourth-order valence-electron chi connectivity index (χ4n) is 2.34. The molecule has 0 unspecified atom stereocenters. The van der Waals surface area contributed by atoms with Gasteiger partial charge in [-0.25, -0.2) is 14.6 Å². The third-order valence-corrected chi connectivity index (χ3v) is 3.53. The maximum atomic E-state index is 11.9. The monoisotopic (exact) mass is 369 g/mol. The topological polar surface area (TPSA) is 104 Å². The number of amides is 1. The summed E-state index contributed by atoms with van der Waals surface area (Å²) in [4.78, 5) is 28.0. The van der Waals surface area contributed by atoms with Gasteiger partial charge < -0.3 is 20.5 Å². The number of pyridine rings is 1. The summed E-state index contributed by atoms with van der Waals surface area (Å²) in [5, 5.41) is 4.25. The Kier molecular flexibility index (Phi) is 6.24. The Labute approximate surface area is 158 Å². The van der Waals surface area contributed by atoms with Crippen LogP contribution >= 0.6 is 0 Å². The lowest BCUT2D eigenvalue weighted by atomic mass is 10.1. The highest BCUT2D eigenvalue weighted by Crippen LogP contribution is 2.21. The van der Waals surface area contributed by atoms with E-state index >= 15 is 0 Å².